The molecule has 0 aromatic rings. The molecule has 0 fully saturated rings. The lowest BCUT2D eigenvalue weighted by molar-refractivity contribution is -0.176. The van der Waals surface area contributed by atoms with E-state index in [1.165, 1.54) is 37.8 Å². The molecule has 3 amide bonds. The molecule has 2 rings (SSSR count). The van der Waals surface area contributed by atoms with Crippen molar-refractivity contribution in [2.75, 3.05) is 105 Å². The number of carboxylic acid groups (broad SMARTS) is 2. The molecule has 2 aliphatic heterocycles. The molecular weight excluding hydrogens is 1210 g/mol. The summed E-state index contributed by atoms with van der Waals surface area (Å²) in [7, 11) is 0. The number of terminal acetylenes is 1. The molecule has 0 spiro atoms. The van der Waals surface area contributed by atoms with Gasteiger partial charge in [0.15, 0.2) is 18.0 Å². The van der Waals surface area contributed by atoms with Gasteiger partial charge in [-0.2, -0.15) is 0 Å². The number of nitrogens with two attached hydrogens (primary N) is 4. The van der Waals surface area contributed by atoms with Crippen molar-refractivity contribution in [1.29, 1.82) is 0 Å². The van der Waals surface area contributed by atoms with E-state index in [9.17, 15) is 59.4 Å². The Kier molecular flexibility index (Phi) is 44.3. The molecule has 2 heterocycles. The van der Waals surface area contributed by atoms with Crippen LogP contribution in [0, 0.1) is 24.2 Å². The third kappa shape index (κ3) is 38.3. The number of carbonyl (C=O) groups is 6. The zero-order chi connectivity index (χ0) is 68.9. The lowest BCUT2D eigenvalue weighted by atomic mass is 9.87. The van der Waals surface area contributed by atoms with E-state index in [2.05, 4.69) is 38.8 Å². The molecule has 0 aromatic carbocycles. The van der Waals surface area contributed by atoms with E-state index >= 15 is 0 Å². The van der Waals surface area contributed by atoms with E-state index in [4.69, 9.17) is 72.0 Å². The second-order valence-electron chi connectivity index (χ2n) is 23.0. The van der Waals surface area contributed by atoms with Gasteiger partial charge in [-0.15, -0.1) is 6.42 Å². The average molecular weight is 1320 g/mol. The molecule has 0 bridgehead atoms. The van der Waals surface area contributed by atoms with E-state index in [0.29, 0.717) is 84.6 Å². The van der Waals surface area contributed by atoms with Gasteiger partial charge in [0.05, 0.1) is 71.4 Å². The number of amides is 3. The van der Waals surface area contributed by atoms with Gasteiger partial charge < -0.3 is 117 Å². The summed E-state index contributed by atoms with van der Waals surface area (Å²) in [5.74, 6) is -4.48. The van der Waals surface area contributed by atoms with Crippen LogP contribution >= 0.6 is 0 Å². The fraction of sp³-hybridized carbons (Fsp3) is 0.770. The molecule has 92 heavy (non-hydrogen) atoms. The topological polar surface area (TPSA) is 475 Å². The Morgan fingerprint density at radius 1 is 0.652 bits per heavy atom. The van der Waals surface area contributed by atoms with E-state index in [0.717, 1.165) is 25.9 Å². The van der Waals surface area contributed by atoms with Crippen LogP contribution in [0.1, 0.15) is 131 Å². The summed E-state index contributed by atoms with van der Waals surface area (Å²) in [6, 6.07) is -1.77. The number of aliphatic carboxylic acids is 2. The van der Waals surface area contributed by atoms with Gasteiger partial charge in [0.2, 0.25) is 17.4 Å². The summed E-state index contributed by atoms with van der Waals surface area (Å²) < 4.78 is 48.4. The zero-order valence-electron chi connectivity index (χ0n) is 54.7. The predicted octanol–water partition coefficient (Wildman–Crippen LogP) is 1.10. The highest BCUT2D eigenvalue weighted by Gasteiger charge is 2.44. The molecule has 0 saturated heterocycles. The van der Waals surface area contributed by atoms with Gasteiger partial charge >= 0.3 is 30.1 Å². The summed E-state index contributed by atoms with van der Waals surface area (Å²) >= 11 is 0. The van der Waals surface area contributed by atoms with Crippen molar-refractivity contribution < 1.29 is 102 Å². The second kappa shape index (κ2) is 48.9. The van der Waals surface area contributed by atoms with Crippen LogP contribution in [0.4, 0.5) is 9.59 Å². The van der Waals surface area contributed by atoms with E-state index in [1.807, 2.05) is 20.8 Å². The van der Waals surface area contributed by atoms with Crippen LogP contribution in [0.3, 0.4) is 0 Å². The number of nitrogens with one attached hydrogen (secondary N) is 3. The van der Waals surface area contributed by atoms with Crippen LogP contribution in [0.15, 0.2) is 33.7 Å². The van der Waals surface area contributed by atoms with Crippen LogP contribution in [0.2, 0.25) is 0 Å². The molecule has 0 aliphatic carbocycles. The second-order valence-corrected chi connectivity index (χ2v) is 23.0. The van der Waals surface area contributed by atoms with Gasteiger partial charge in [0, 0.05) is 44.4 Å². The first-order chi connectivity index (χ1) is 43.8. The lowest BCUT2D eigenvalue weighted by Crippen LogP contribution is -2.51. The Morgan fingerprint density at radius 2 is 1.13 bits per heavy atom. The quantitative estimate of drug-likeness (QED) is 0.0101. The predicted molar refractivity (Wildman–Crippen MR) is 339 cm³/mol. The van der Waals surface area contributed by atoms with Crippen molar-refractivity contribution in [3.8, 4) is 12.3 Å². The first-order valence-electron chi connectivity index (χ1n) is 31.6. The maximum atomic E-state index is 13.4. The number of hydrogen-bond acceptors (Lipinski definition) is 22. The van der Waals surface area contributed by atoms with Crippen molar-refractivity contribution in [1.82, 2.24) is 20.9 Å². The number of nitrogens with zero attached hydrogens (tertiary/aromatic N) is 3. The minimum atomic E-state index is -1.68. The summed E-state index contributed by atoms with van der Waals surface area (Å²) in [5.41, 5.74) is 21.6. The van der Waals surface area contributed by atoms with Crippen LogP contribution in [-0.4, -0.2) is 243 Å². The maximum absolute atomic E-state index is 13.4. The largest absolute Gasteiger partial charge is 0.480 e. The molecule has 17 N–H and O–H groups in total. The van der Waals surface area contributed by atoms with Crippen molar-refractivity contribution in [3.63, 3.8) is 0 Å². The zero-order valence-corrected chi connectivity index (χ0v) is 54.7. The number of aliphatic imine (C=N–C) groups is 2. The standard InChI is InChI=1S/C46H76N8O19.C15H32N2O2/c1-4-16-66-18-20-68-22-23-69-21-19-67-17-12-36(58)54(14-9-5-7-11-37(59)73-41(32(56)26-55)40-29(3)31(53-45(49)50)25-35(72-40)43(63)64)15-10-6-8-13-51-46(65)70-27-33(57)38(60)39-28(2)30(52-44(47)48)24-34(71-39)42(61)62;1-5-6-7-8-11-16-12-9-10-13-17-14(18)19-15(2,3)4/h1,24-25,28-33,38-41,55-57,60H,5-23,26-27H2,2-3H3,(H,51,65)(H,61,62)(H,63,64)(H4,47,48,52)(H4,49,50,53);16H,5-13H2,1-4H3,(H,17,18)/t28-,29-,30+,31+,32-,33-,38-,39-,40-,41-;/m1./s1. The van der Waals surface area contributed by atoms with Gasteiger partial charge in [-0.3, -0.25) is 9.59 Å². The monoisotopic (exact) mass is 1320 g/mol. The number of carboxylic acids is 2. The Morgan fingerprint density at radius 3 is 1.65 bits per heavy atom. The number of alkyl carbamates (subject to hydrolysis) is 2. The van der Waals surface area contributed by atoms with Crippen molar-refractivity contribution in [3.05, 3.63) is 23.7 Å². The molecule has 31 nitrogen and oxygen atoms in total. The summed E-state index contributed by atoms with van der Waals surface area (Å²) in [6.45, 7) is 15.6. The van der Waals surface area contributed by atoms with Gasteiger partial charge in [0.1, 0.15) is 49.3 Å². The van der Waals surface area contributed by atoms with Gasteiger partial charge in [-0.05, 0) is 97.4 Å². The molecule has 10 atom stereocenters. The smallest absolute Gasteiger partial charge is 0.407 e. The number of ether oxygens (including phenoxy) is 9. The van der Waals surface area contributed by atoms with Crippen molar-refractivity contribution >= 4 is 47.9 Å². The Balaban J connectivity index is 0.00000191. The van der Waals surface area contributed by atoms with Crippen LogP contribution in [0.25, 0.3) is 0 Å². The molecule has 0 aromatic heterocycles. The van der Waals surface area contributed by atoms with Crippen molar-refractivity contribution in [2.24, 2.45) is 44.8 Å². The fourth-order valence-corrected chi connectivity index (χ4v) is 9.14. The minimum absolute atomic E-state index is 0.0835. The number of unbranched alkanes of at least 4 members (excludes halogenated alkanes) is 8. The minimum Gasteiger partial charge on any atom is -0.480 e. The number of rotatable bonds is 47. The number of carbonyl (C=O) groups excluding carboxylic acids is 4. The third-order valence-electron chi connectivity index (χ3n) is 14.0. The Hall–Kier alpha value is -6.76. The molecule has 528 valence electrons. The number of aliphatic hydroxyl groups excluding tert-OH is 4. The van der Waals surface area contributed by atoms with Crippen LogP contribution in [-0.2, 0) is 61.8 Å². The fourth-order valence-electron chi connectivity index (χ4n) is 9.14. The normalized spacial score (nSPS) is 19.0. The highest BCUT2D eigenvalue weighted by atomic mass is 16.6. The highest BCUT2D eigenvalue weighted by molar-refractivity contribution is 5.85. The number of esters is 1. The first-order valence-corrected chi connectivity index (χ1v) is 31.6. The molecule has 31 heteroatoms. The van der Waals surface area contributed by atoms with E-state index < -0.39 is 115 Å². The SMILES string of the molecule is C#CCOCCOCCOCCOCCC(=O)N(CCCCCNC(=O)OC[C@@H](O)[C@@H](O)[C@@H]1OC(C(=O)O)=C[C@H](N=C(N)N)[C@H]1C)CCCCCC(=O)O[C@@H]([C@@H]1OC(C(=O)O)=C[C@H](N=C(N)N)[C@H]1C)[C@H](O)CO.CCCCCCNCCCCNC(=O)OC(C)(C)C. The van der Waals surface area contributed by atoms with E-state index in [1.54, 1.807) is 18.7 Å². The Labute approximate surface area is 541 Å². The van der Waals surface area contributed by atoms with Gasteiger partial charge in [0.25, 0.3) is 0 Å². The molecule has 0 unspecified atom stereocenters. The third-order valence-corrected chi connectivity index (χ3v) is 14.0. The highest BCUT2D eigenvalue weighted by Crippen LogP contribution is 2.32. The molecular formula is C61H108N10O21. The van der Waals surface area contributed by atoms with Crippen LogP contribution < -0.4 is 38.9 Å². The number of guanidine groups is 2. The van der Waals surface area contributed by atoms with E-state index in [-0.39, 0.29) is 69.7 Å². The van der Waals surface area contributed by atoms with Crippen molar-refractivity contribution in [2.45, 2.75) is 186 Å². The first kappa shape index (κ1) is 83.3. The molecule has 0 saturated carbocycles. The Bertz CT molecular complexity index is 2290. The number of aliphatic hydroxyl groups is 4. The van der Waals surface area contributed by atoms with Gasteiger partial charge in [-0.1, -0.05) is 52.4 Å². The summed E-state index contributed by atoms with van der Waals surface area (Å²) in [5, 5.41) is 69.6. The summed E-state index contributed by atoms with van der Waals surface area (Å²) in [4.78, 5) is 83.3. The maximum Gasteiger partial charge on any atom is 0.407 e. The number of hydrogen-bond donors (Lipinski definition) is 13. The molecule has 2 aliphatic rings. The average Bonchev–Trinajstić information content (AvgIpc) is 0.818. The molecule has 0 radical (unpaired) electrons. The van der Waals surface area contributed by atoms with Crippen LogP contribution in [0.5, 0.6) is 0 Å². The van der Waals surface area contributed by atoms with Gasteiger partial charge in [-0.25, -0.2) is 29.2 Å². The lowest BCUT2D eigenvalue weighted by Gasteiger charge is -2.38. The summed E-state index contributed by atoms with van der Waals surface area (Å²) in [6.07, 6.45) is 7.55.